The zero-order valence-corrected chi connectivity index (χ0v) is 7.27. The quantitative estimate of drug-likeness (QED) is 0.626. The zero-order valence-electron chi connectivity index (χ0n) is 6.51. The molecule has 0 bridgehead atoms. The van der Waals surface area contributed by atoms with Crippen LogP contribution in [0.1, 0.15) is 20.3 Å². The normalized spacial score (nSPS) is 16.8. The SMILES string of the molecule is CCC(C)OCC(O)CCl. The maximum Gasteiger partial charge on any atom is 0.0908 e. The highest BCUT2D eigenvalue weighted by molar-refractivity contribution is 6.18. The number of ether oxygens (including phenoxy) is 1. The third-order valence-corrected chi connectivity index (χ3v) is 1.68. The smallest absolute Gasteiger partial charge is 0.0908 e. The molecule has 0 radical (unpaired) electrons. The second-order valence-corrected chi connectivity index (χ2v) is 2.67. The van der Waals surface area contributed by atoms with E-state index >= 15 is 0 Å². The largest absolute Gasteiger partial charge is 0.389 e. The van der Waals surface area contributed by atoms with E-state index in [1.165, 1.54) is 0 Å². The van der Waals surface area contributed by atoms with Crippen molar-refractivity contribution in [3.8, 4) is 0 Å². The summed E-state index contributed by atoms with van der Waals surface area (Å²) in [6.45, 7) is 4.36. The molecule has 62 valence electrons. The summed E-state index contributed by atoms with van der Waals surface area (Å²) in [5, 5.41) is 8.95. The summed E-state index contributed by atoms with van der Waals surface area (Å²) in [6, 6.07) is 0. The highest BCUT2D eigenvalue weighted by Crippen LogP contribution is 1.97. The molecule has 0 rings (SSSR count). The molecule has 0 aliphatic heterocycles. The molecular formula is C7H15ClO2. The Hall–Kier alpha value is 0.210. The van der Waals surface area contributed by atoms with Crippen LogP contribution >= 0.6 is 11.6 Å². The van der Waals surface area contributed by atoms with E-state index in [1.807, 2.05) is 13.8 Å². The summed E-state index contributed by atoms with van der Waals surface area (Å²) in [5.74, 6) is 0.246. The lowest BCUT2D eigenvalue weighted by Crippen LogP contribution is -2.20. The molecule has 2 nitrogen and oxygen atoms in total. The molecule has 0 saturated carbocycles. The van der Waals surface area contributed by atoms with Gasteiger partial charge in [-0.3, -0.25) is 0 Å². The van der Waals surface area contributed by atoms with E-state index in [0.29, 0.717) is 6.61 Å². The Morgan fingerprint density at radius 1 is 1.60 bits per heavy atom. The molecule has 10 heavy (non-hydrogen) atoms. The molecule has 0 spiro atoms. The van der Waals surface area contributed by atoms with E-state index in [9.17, 15) is 0 Å². The Morgan fingerprint density at radius 3 is 2.60 bits per heavy atom. The number of hydrogen-bond acceptors (Lipinski definition) is 2. The molecular weight excluding hydrogens is 152 g/mol. The van der Waals surface area contributed by atoms with Crippen LogP contribution in [-0.4, -0.2) is 29.8 Å². The lowest BCUT2D eigenvalue weighted by Gasteiger charge is -2.12. The number of hydrogen-bond donors (Lipinski definition) is 1. The third-order valence-electron chi connectivity index (χ3n) is 1.33. The van der Waals surface area contributed by atoms with Gasteiger partial charge in [0, 0.05) is 0 Å². The fraction of sp³-hybridized carbons (Fsp3) is 1.00. The lowest BCUT2D eigenvalue weighted by atomic mass is 10.3. The van der Waals surface area contributed by atoms with Crippen molar-refractivity contribution in [2.45, 2.75) is 32.5 Å². The van der Waals surface area contributed by atoms with Crippen molar-refractivity contribution >= 4 is 11.6 Å². The van der Waals surface area contributed by atoms with E-state index in [4.69, 9.17) is 21.4 Å². The minimum atomic E-state index is -0.518. The highest BCUT2D eigenvalue weighted by atomic mass is 35.5. The van der Waals surface area contributed by atoms with Crippen LogP contribution in [0.15, 0.2) is 0 Å². The van der Waals surface area contributed by atoms with Gasteiger partial charge in [0.1, 0.15) is 0 Å². The average molecular weight is 167 g/mol. The van der Waals surface area contributed by atoms with E-state index in [-0.39, 0.29) is 12.0 Å². The Balaban J connectivity index is 3.17. The predicted octanol–water partition coefficient (Wildman–Crippen LogP) is 1.40. The van der Waals surface area contributed by atoms with Crippen molar-refractivity contribution in [2.24, 2.45) is 0 Å². The first-order chi connectivity index (χ1) is 4.70. The average Bonchev–Trinajstić information content (AvgIpc) is 1.99. The van der Waals surface area contributed by atoms with Gasteiger partial charge in [0.15, 0.2) is 0 Å². The minimum absolute atomic E-state index is 0.220. The lowest BCUT2D eigenvalue weighted by molar-refractivity contribution is 0.00544. The fourth-order valence-electron chi connectivity index (χ4n) is 0.438. The molecule has 0 aromatic rings. The van der Waals surface area contributed by atoms with Crippen LogP contribution in [0, 0.1) is 0 Å². The Kier molecular flexibility index (Phi) is 6.08. The molecule has 2 unspecified atom stereocenters. The molecule has 3 heteroatoms. The highest BCUT2D eigenvalue weighted by Gasteiger charge is 2.04. The fourth-order valence-corrected chi connectivity index (χ4v) is 0.527. The van der Waals surface area contributed by atoms with Crippen molar-refractivity contribution in [3.63, 3.8) is 0 Å². The van der Waals surface area contributed by atoms with Gasteiger partial charge in [-0.1, -0.05) is 6.92 Å². The predicted molar refractivity (Wildman–Crippen MR) is 42.4 cm³/mol. The van der Waals surface area contributed by atoms with Gasteiger partial charge in [0.05, 0.1) is 24.7 Å². The maximum absolute atomic E-state index is 8.95. The minimum Gasteiger partial charge on any atom is -0.389 e. The second kappa shape index (κ2) is 5.96. The van der Waals surface area contributed by atoms with Crippen LogP contribution in [0.4, 0.5) is 0 Å². The summed E-state index contributed by atoms with van der Waals surface area (Å²) < 4.78 is 5.21. The van der Waals surface area contributed by atoms with Crippen LogP contribution in [0.25, 0.3) is 0 Å². The van der Waals surface area contributed by atoms with Crippen LogP contribution in [0.2, 0.25) is 0 Å². The Labute approximate surface area is 67.1 Å². The summed E-state index contributed by atoms with van der Waals surface area (Å²) in [6.07, 6.45) is 0.670. The van der Waals surface area contributed by atoms with Crippen LogP contribution < -0.4 is 0 Å². The zero-order chi connectivity index (χ0) is 7.98. The molecule has 0 aromatic carbocycles. The Bertz CT molecular complexity index is 68.0. The van der Waals surface area contributed by atoms with Crippen molar-refractivity contribution in [2.75, 3.05) is 12.5 Å². The molecule has 0 saturated heterocycles. The maximum atomic E-state index is 8.95. The van der Waals surface area contributed by atoms with Crippen molar-refractivity contribution in [3.05, 3.63) is 0 Å². The topological polar surface area (TPSA) is 29.5 Å². The van der Waals surface area contributed by atoms with Gasteiger partial charge in [-0.15, -0.1) is 11.6 Å². The number of rotatable bonds is 5. The summed E-state index contributed by atoms with van der Waals surface area (Å²) in [5.41, 5.74) is 0. The summed E-state index contributed by atoms with van der Waals surface area (Å²) in [4.78, 5) is 0. The molecule has 0 fully saturated rings. The van der Waals surface area contributed by atoms with Crippen molar-refractivity contribution in [1.82, 2.24) is 0 Å². The number of aliphatic hydroxyl groups is 1. The molecule has 0 aliphatic carbocycles. The van der Waals surface area contributed by atoms with Crippen molar-refractivity contribution < 1.29 is 9.84 Å². The number of alkyl halides is 1. The van der Waals surface area contributed by atoms with Crippen molar-refractivity contribution in [1.29, 1.82) is 0 Å². The first-order valence-corrected chi connectivity index (χ1v) is 4.09. The van der Waals surface area contributed by atoms with E-state index in [1.54, 1.807) is 0 Å². The van der Waals surface area contributed by atoms with Crippen LogP contribution in [0.3, 0.4) is 0 Å². The van der Waals surface area contributed by atoms with E-state index in [2.05, 4.69) is 0 Å². The van der Waals surface area contributed by atoms with Gasteiger partial charge in [0.2, 0.25) is 0 Å². The molecule has 0 amide bonds. The van der Waals surface area contributed by atoms with Gasteiger partial charge in [0.25, 0.3) is 0 Å². The van der Waals surface area contributed by atoms with E-state index in [0.717, 1.165) is 6.42 Å². The molecule has 2 atom stereocenters. The van der Waals surface area contributed by atoms with Gasteiger partial charge < -0.3 is 9.84 Å². The van der Waals surface area contributed by atoms with Gasteiger partial charge in [-0.05, 0) is 13.3 Å². The number of halogens is 1. The molecule has 0 aliphatic rings. The monoisotopic (exact) mass is 166 g/mol. The first kappa shape index (κ1) is 10.2. The van der Waals surface area contributed by atoms with E-state index < -0.39 is 6.10 Å². The summed E-state index contributed by atoms with van der Waals surface area (Å²) in [7, 11) is 0. The standard InChI is InChI=1S/C7H15ClO2/c1-3-6(2)10-5-7(9)4-8/h6-7,9H,3-5H2,1-2H3. The molecule has 1 N–H and O–H groups in total. The van der Waals surface area contributed by atoms with Gasteiger partial charge in [-0.25, -0.2) is 0 Å². The Morgan fingerprint density at radius 2 is 2.20 bits per heavy atom. The first-order valence-electron chi connectivity index (χ1n) is 3.56. The second-order valence-electron chi connectivity index (χ2n) is 2.36. The molecule has 0 heterocycles. The van der Waals surface area contributed by atoms with Crippen LogP contribution in [0.5, 0.6) is 0 Å². The molecule has 0 aromatic heterocycles. The van der Waals surface area contributed by atoms with Gasteiger partial charge >= 0.3 is 0 Å². The van der Waals surface area contributed by atoms with Gasteiger partial charge in [-0.2, -0.15) is 0 Å². The summed E-state index contributed by atoms with van der Waals surface area (Å²) >= 11 is 5.35. The van der Waals surface area contributed by atoms with Crippen LogP contribution in [-0.2, 0) is 4.74 Å². The number of aliphatic hydroxyl groups excluding tert-OH is 1. The third kappa shape index (κ3) is 5.03.